The first kappa shape index (κ1) is 12.6. The minimum atomic E-state index is 0.0884. The number of thioether (sulfide) groups is 2. The molecule has 1 unspecified atom stereocenters. The average Bonchev–Trinajstić information content (AvgIpc) is 2.30. The van der Waals surface area contributed by atoms with E-state index in [1.807, 2.05) is 25.1 Å². The number of carbonyl (C=O) groups is 1. The number of hydrogen-bond acceptors (Lipinski definition) is 4. The van der Waals surface area contributed by atoms with E-state index in [1.54, 1.807) is 30.4 Å². The molecule has 0 aliphatic carbocycles. The zero-order chi connectivity index (χ0) is 12.3. The molecule has 0 saturated carbocycles. The number of benzene rings is 1. The van der Waals surface area contributed by atoms with Crippen molar-refractivity contribution in [3.63, 3.8) is 0 Å². The minimum absolute atomic E-state index is 0.0884. The predicted octanol–water partition coefficient (Wildman–Crippen LogP) is 3.69. The summed E-state index contributed by atoms with van der Waals surface area (Å²) in [5.41, 5.74) is 0.0884. The number of ether oxygens (including phenoxy) is 1. The Morgan fingerprint density at radius 2 is 2.12 bits per heavy atom. The lowest BCUT2D eigenvalue weighted by molar-refractivity contribution is -0.113. The molecule has 0 spiro atoms. The van der Waals surface area contributed by atoms with Crippen LogP contribution in [0.3, 0.4) is 0 Å². The maximum atomic E-state index is 11.3. The van der Waals surface area contributed by atoms with Crippen LogP contribution in [0.4, 0.5) is 0 Å². The van der Waals surface area contributed by atoms with Crippen LogP contribution in [-0.4, -0.2) is 17.0 Å². The maximum absolute atomic E-state index is 11.3. The van der Waals surface area contributed by atoms with Gasteiger partial charge >= 0.3 is 0 Å². The molecular weight excluding hydrogens is 252 g/mol. The van der Waals surface area contributed by atoms with Gasteiger partial charge in [-0.1, -0.05) is 30.0 Å². The number of hydrogen-bond donors (Lipinski definition) is 0. The van der Waals surface area contributed by atoms with E-state index in [4.69, 9.17) is 4.74 Å². The number of rotatable bonds is 3. The van der Waals surface area contributed by atoms with E-state index >= 15 is 0 Å². The number of Topliss-reactive ketones (excluding diaryl/α,β-unsaturated/α-hetero) is 1. The lowest BCUT2D eigenvalue weighted by atomic mass is 10.3. The highest BCUT2D eigenvalue weighted by atomic mass is 32.2. The Kier molecular flexibility index (Phi) is 4.18. The predicted molar refractivity (Wildman–Crippen MR) is 73.0 cm³/mol. The molecule has 0 fully saturated rings. The molecule has 0 radical (unpaired) electrons. The molecule has 17 heavy (non-hydrogen) atoms. The van der Waals surface area contributed by atoms with Crippen molar-refractivity contribution in [1.82, 2.24) is 0 Å². The quantitative estimate of drug-likeness (QED) is 0.833. The molecule has 1 atom stereocenters. The van der Waals surface area contributed by atoms with Crippen molar-refractivity contribution in [3.8, 4) is 0 Å². The standard InChI is InChI=1S/C13H14O2S2/c1-9(14)13-10(2)15-12(8-16-13)17-11-6-4-3-5-7-11/h3-7,12H,8H2,1-2H3. The topological polar surface area (TPSA) is 26.3 Å². The van der Waals surface area contributed by atoms with Crippen LogP contribution in [0.15, 0.2) is 45.9 Å². The molecule has 1 heterocycles. The number of ketones is 1. The summed E-state index contributed by atoms with van der Waals surface area (Å²) in [6.07, 6.45) is 0. The minimum Gasteiger partial charge on any atom is -0.482 e. The van der Waals surface area contributed by atoms with Crippen molar-refractivity contribution in [2.75, 3.05) is 5.75 Å². The maximum Gasteiger partial charge on any atom is 0.169 e. The summed E-state index contributed by atoms with van der Waals surface area (Å²) < 4.78 is 5.77. The summed E-state index contributed by atoms with van der Waals surface area (Å²) in [5.74, 6) is 1.66. The Bertz CT molecular complexity index is 440. The highest BCUT2D eigenvalue weighted by Crippen LogP contribution is 2.36. The molecule has 2 nitrogen and oxygen atoms in total. The van der Waals surface area contributed by atoms with Gasteiger partial charge in [0.25, 0.3) is 0 Å². The molecule has 1 aliphatic rings. The normalized spacial score (nSPS) is 20.0. The lowest BCUT2D eigenvalue weighted by Gasteiger charge is -2.25. The summed E-state index contributed by atoms with van der Waals surface area (Å²) >= 11 is 3.28. The van der Waals surface area contributed by atoms with Gasteiger partial charge in [0, 0.05) is 10.6 Å². The van der Waals surface area contributed by atoms with E-state index in [1.165, 1.54) is 4.90 Å². The monoisotopic (exact) mass is 266 g/mol. The molecular formula is C13H14O2S2. The van der Waals surface area contributed by atoms with Gasteiger partial charge in [-0.25, -0.2) is 0 Å². The third-order valence-corrected chi connectivity index (χ3v) is 4.94. The van der Waals surface area contributed by atoms with Crippen LogP contribution >= 0.6 is 23.5 Å². The van der Waals surface area contributed by atoms with Crippen LogP contribution in [0, 0.1) is 0 Å². The summed E-state index contributed by atoms with van der Waals surface area (Å²) in [7, 11) is 0. The molecule has 0 saturated heterocycles. The van der Waals surface area contributed by atoms with Crippen molar-refractivity contribution in [1.29, 1.82) is 0 Å². The Morgan fingerprint density at radius 3 is 2.71 bits per heavy atom. The zero-order valence-corrected chi connectivity index (χ0v) is 11.4. The van der Waals surface area contributed by atoms with Crippen LogP contribution in [0.25, 0.3) is 0 Å². The van der Waals surface area contributed by atoms with Gasteiger partial charge in [-0.15, -0.1) is 11.8 Å². The third-order valence-electron chi connectivity index (χ3n) is 2.32. The average molecular weight is 266 g/mol. The van der Waals surface area contributed by atoms with Crippen molar-refractivity contribution in [2.24, 2.45) is 0 Å². The first-order chi connectivity index (χ1) is 8.16. The first-order valence-electron chi connectivity index (χ1n) is 5.40. The zero-order valence-electron chi connectivity index (χ0n) is 9.80. The Hall–Kier alpha value is -0.870. The van der Waals surface area contributed by atoms with Gasteiger partial charge in [0.05, 0.1) is 4.91 Å². The van der Waals surface area contributed by atoms with Crippen molar-refractivity contribution in [3.05, 3.63) is 41.0 Å². The highest BCUT2D eigenvalue weighted by Gasteiger charge is 2.23. The van der Waals surface area contributed by atoms with Gasteiger partial charge in [-0.3, -0.25) is 4.79 Å². The van der Waals surface area contributed by atoms with Crippen LogP contribution in [0.1, 0.15) is 13.8 Å². The second-order valence-corrected chi connectivity index (χ2v) is 5.99. The molecule has 1 aromatic carbocycles. The second kappa shape index (κ2) is 5.65. The van der Waals surface area contributed by atoms with E-state index in [0.29, 0.717) is 0 Å². The number of carbonyl (C=O) groups excluding carboxylic acids is 1. The van der Waals surface area contributed by atoms with Gasteiger partial charge < -0.3 is 4.74 Å². The van der Waals surface area contributed by atoms with E-state index in [2.05, 4.69) is 12.1 Å². The van der Waals surface area contributed by atoms with Gasteiger partial charge in [0.15, 0.2) is 11.2 Å². The fourth-order valence-corrected chi connectivity index (χ4v) is 3.71. The molecule has 90 valence electrons. The molecule has 0 aromatic heterocycles. The Balaban J connectivity index is 2.02. The fraction of sp³-hybridized carbons (Fsp3) is 0.308. The van der Waals surface area contributed by atoms with Crippen LogP contribution < -0.4 is 0 Å². The van der Waals surface area contributed by atoms with Crippen molar-refractivity contribution >= 4 is 29.3 Å². The van der Waals surface area contributed by atoms with Crippen LogP contribution in [0.2, 0.25) is 0 Å². The van der Waals surface area contributed by atoms with E-state index in [9.17, 15) is 4.79 Å². The summed E-state index contributed by atoms with van der Waals surface area (Å²) in [6.45, 7) is 3.45. The lowest BCUT2D eigenvalue weighted by Crippen LogP contribution is -2.18. The van der Waals surface area contributed by atoms with E-state index < -0.39 is 0 Å². The smallest absolute Gasteiger partial charge is 0.169 e. The van der Waals surface area contributed by atoms with Crippen molar-refractivity contribution < 1.29 is 9.53 Å². The first-order valence-corrected chi connectivity index (χ1v) is 7.26. The van der Waals surface area contributed by atoms with Gasteiger partial charge in [-0.05, 0) is 26.0 Å². The highest BCUT2D eigenvalue weighted by molar-refractivity contribution is 8.06. The van der Waals surface area contributed by atoms with E-state index in [0.717, 1.165) is 16.4 Å². The van der Waals surface area contributed by atoms with Crippen LogP contribution in [0.5, 0.6) is 0 Å². The molecule has 1 aliphatic heterocycles. The fourth-order valence-electron chi connectivity index (χ4n) is 1.60. The molecule has 1 aromatic rings. The molecule has 0 bridgehead atoms. The second-order valence-electron chi connectivity index (χ2n) is 3.73. The molecule has 0 amide bonds. The summed E-state index contributed by atoms with van der Waals surface area (Å²) in [4.78, 5) is 13.3. The van der Waals surface area contributed by atoms with Crippen molar-refractivity contribution in [2.45, 2.75) is 24.2 Å². The number of allylic oxidation sites excluding steroid dienone is 2. The SMILES string of the molecule is CC(=O)C1=C(C)OC(Sc2ccccc2)CS1. The Labute approximate surface area is 110 Å². The van der Waals surface area contributed by atoms with Gasteiger partial charge in [0.1, 0.15) is 5.76 Å². The summed E-state index contributed by atoms with van der Waals surface area (Å²) in [5, 5.41) is 0. The Morgan fingerprint density at radius 1 is 1.41 bits per heavy atom. The largest absolute Gasteiger partial charge is 0.482 e. The van der Waals surface area contributed by atoms with Gasteiger partial charge in [0.2, 0.25) is 0 Å². The van der Waals surface area contributed by atoms with E-state index in [-0.39, 0.29) is 11.2 Å². The molecule has 0 N–H and O–H groups in total. The summed E-state index contributed by atoms with van der Waals surface area (Å²) in [6, 6.07) is 10.2. The third kappa shape index (κ3) is 3.30. The van der Waals surface area contributed by atoms with Gasteiger partial charge in [-0.2, -0.15) is 0 Å². The van der Waals surface area contributed by atoms with Crippen LogP contribution in [-0.2, 0) is 9.53 Å². The molecule has 4 heteroatoms. The molecule has 2 rings (SSSR count).